The third kappa shape index (κ3) is 3.38. The summed E-state index contributed by atoms with van der Waals surface area (Å²) in [6, 6.07) is 8.81. The Morgan fingerprint density at radius 3 is 2.74 bits per heavy atom. The molecule has 1 fully saturated rings. The van der Waals surface area contributed by atoms with E-state index in [9.17, 15) is 0 Å². The number of nitrogens with zero attached hydrogens (tertiary/aromatic N) is 1. The fourth-order valence-corrected chi connectivity index (χ4v) is 2.92. The minimum atomic E-state index is 0.405. The molecule has 0 amide bonds. The lowest BCUT2D eigenvalue weighted by molar-refractivity contribution is 0.339. The smallest absolute Gasteiger partial charge is 0.169 e. The van der Waals surface area contributed by atoms with Crippen molar-refractivity contribution < 1.29 is 4.74 Å². The number of likely N-dealkylation sites (tertiary alicyclic amines) is 1. The van der Waals surface area contributed by atoms with Gasteiger partial charge in [0.15, 0.2) is 5.11 Å². The molecule has 1 heterocycles. The molecule has 0 bridgehead atoms. The first-order valence-corrected chi connectivity index (χ1v) is 7.44. The number of ether oxygens (including phenoxy) is 1. The Morgan fingerprint density at radius 2 is 2.11 bits per heavy atom. The van der Waals surface area contributed by atoms with E-state index in [0.717, 1.165) is 24.0 Å². The maximum atomic E-state index is 5.48. The molecule has 1 atom stereocenters. The average molecular weight is 278 g/mol. The van der Waals surface area contributed by atoms with Gasteiger partial charge in [0, 0.05) is 13.1 Å². The molecule has 0 unspecified atom stereocenters. The first-order valence-electron chi connectivity index (χ1n) is 7.03. The Balaban J connectivity index is 2.09. The number of thiocarbonyl (C=S) groups is 1. The second-order valence-corrected chi connectivity index (χ2v) is 5.08. The Kier molecular flexibility index (Phi) is 5.02. The summed E-state index contributed by atoms with van der Waals surface area (Å²) < 4.78 is 5.48. The number of rotatable bonds is 4. The van der Waals surface area contributed by atoms with Crippen molar-refractivity contribution >= 4 is 17.3 Å². The monoisotopic (exact) mass is 278 g/mol. The molecule has 0 radical (unpaired) electrons. The van der Waals surface area contributed by atoms with E-state index in [1.807, 2.05) is 19.1 Å². The van der Waals surface area contributed by atoms with Crippen molar-refractivity contribution in [3.63, 3.8) is 0 Å². The maximum absolute atomic E-state index is 5.48. The van der Waals surface area contributed by atoms with Crippen LogP contribution in [0.4, 0.5) is 0 Å². The van der Waals surface area contributed by atoms with Gasteiger partial charge in [0.2, 0.25) is 0 Å². The maximum Gasteiger partial charge on any atom is 0.169 e. The van der Waals surface area contributed by atoms with Gasteiger partial charge in [0.1, 0.15) is 5.75 Å². The molecule has 0 aromatic heterocycles. The SMILES string of the molecule is CCNC(=S)N1CCC[C@@H]1c1ccc(OCC)cc1. The second kappa shape index (κ2) is 6.75. The fraction of sp³-hybridized carbons (Fsp3) is 0.533. The molecule has 4 heteroatoms. The first-order chi connectivity index (χ1) is 9.26. The lowest BCUT2D eigenvalue weighted by Crippen LogP contribution is -2.39. The van der Waals surface area contributed by atoms with E-state index in [2.05, 4.69) is 29.3 Å². The van der Waals surface area contributed by atoms with Crippen molar-refractivity contribution in [2.75, 3.05) is 19.7 Å². The van der Waals surface area contributed by atoms with Crippen LogP contribution < -0.4 is 10.1 Å². The lowest BCUT2D eigenvalue weighted by Gasteiger charge is -2.27. The van der Waals surface area contributed by atoms with Crippen LogP contribution in [-0.2, 0) is 0 Å². The van der Waals surface area contributed by atoms with Crippen molar-refractivity contribution in [2.24, 2.45) is 0 Å². The summed E-state index contributed by atoms with van der Waals surface area (Å²) in [5.74, 6) is 0.935. The Labute approximate surface area is 120 Å². The summed E-state index contributed by atoms with van der Waals surface area (Å²) in [7, 11) is 0. The number of hydrogen-bond donors (Lipinski definition) is 1. The van der Waals surface area contributed by atoms with Gasteiger partial charge in [0.25, 0.3) is 0 Å². The minimum Gasteiger partial charge on any atom is -0.494 e. The topological polar surface area (TPSA) is 24.5 Å². The van der Waals surface area contributed by atoms with Crippen LogP contribution in [0, 0.1) is 0 Å². The minimum absolute atomic E-state index is 0.405. The number of hydrogen-bond acceptors (Lipinski definition) is 2. The van der Waals surface area contributed by atoms with Gasteiger partial charge in [-0.05, 0) is 56.6 Å². The van der Waals surface area contributed by atoms with E-state index >= 15 is 0 Å². The zero-order valence-corrected chi connectivity index (χ0v) is 12.5. The van der Waals surface area contributed by atoms with Crippen LogP contribution in [0.5, 0.6) is 5.75 Å². The zero-order valence-electron chi connectivity index (χ0n) is 11.7. The van der Waals surface area contributed by atoms with Crippen molar-refractivity contribution in [3.8, 4) is 5.75 Å². The van der Waals surface area contributed by atoms with Crippen LogP contribution in [0.2, 0.25) is 0 Å². The third-order valence-electron chi connectivity index (χ3n) is 3.42. The summed E-state index contributed by atoms with van der Waals surface area (Å²) in [5.41, 5.74) is 1.32. The molecule has 0 spiro atoms. The molecule has 19 heavy (non-hydrogen) atoms. The van der Waals surface area contributed by atoms with Crippen LogP contribution in [0.1, 0.15) is 38.3 Å². The van der Waals surface area contributed by atoms with E-state index in [4.69, 9.17) is 17.0 Å². The molecular formula is C15H22N2OS. The van der Waals surface area contributed by atoms with Gasteiger partial charge in [-0.25, -0.2) is 0 Å². The molecule has 3 nitrogen and oxygen atoms in total. The van der Waals surface area contributed by atoms with E-state index in [1.165, 1.54) is 18.4 Å². The highest BCUT2D eigenvalue weighted by Gasteiger charge is 2.27. The molecule has 104 valence electrons. The predicted molar refractivity (Wildman–Crippen MR) is 82.6 cm³/mol. The van der Waals surface area contributed by atoms with E-state index in [1.54, 1.807) is 0 Å². The second-order valence-electron chi connectivity index (χ2n) is 4.69. The van der Waals surface area contributed by atoms with E-state index in [0.29, 0.717) is 12.6 Å². The molecule has 1 aromatic carbocycles. The normalized spacial score (nSPS) is 18.4. The van der Waals surface area contributed by atoms with Crippen molar-refractivity contribution in [3.05, 3.63) is 29.8 Å². The quantitative estimate of drug-likeness (QED) is 0.855. The Morgan fingerprint density at radius 1 is 1.37 bits per heavy atom. The highest BCUT2D eigenvalue weighted by molar-refractivity contribution is 7.80. The highest BCUT2D eigenvalue weighted by Crippen LogP contribution is 2.32. The molecule has 1 aliphatic heterocycles. The molecule has 0 saturated carbocycles. The first kappa shape index (κ1) is 14.1. The van der Waals surface area contributed by atoms with Gasteiger partial charge in [-0.2, -0.15) is 0 Å². The van der Waals surface area contributed by atoms with Gasteiger partial charge in [0.05, 0.1) is 12.6 Å². The molecule has 1 aliphatic rings. The molecule has 1 aromatic rings. The molecule has 0 aliphatic carbocycles. The highest BCUT2D eigenvalue weighted by atomic mass is 32.1. The number of benzene rings is 1. The van der Waals surface area contributed by atoms with Gasteiger partial charge in [-0.1, -0.05) is 12.1 Å². The van der Waals surface area contributed by atoms with Crippen LogP contribution >= 0.6 is 12.2 Å². The predicted octanol–water partition coefficient (Wildman–Crippen LogP) is 3.12. The zero-order chi connectivity index (χ0) is 13.7. The summed E-state index contributed by atoms with van der Waals surface area (Å²) in [4.78, 5) is 2.30. The van der Waals surface area contributed by atoms with Crippen molar-refractivity contribution in [1.82, 2.24) is 10.2 Å². The molecular weight excluding hydrogens is 256 g/mol. The number of nitrogens with one attached hydrogen (secondary N) is 1. The largest absolute Gasteiger partial charge is 0.494 e. The summed E-state index contributed by atoms with van der Waals surface area (Å²) in [5, 5.41) is 4.13. The fourth-order valence-electron chi connectivity index (χ4n) is 2.56. The van der Waals surface area contributed by atoms with Gasteiger partial charge >= 0.3 is 0 Å². The van der Waals surface area contributed by atoms with Crippen molar-refractivity contribution in [1.29, 1.82) is 0 Å². The van der Waals surface area contributed by atoms with E-state index < -0.39 is 0 Å². The summed E-state index contributed by atoms with van der Waals surface area (Å²) in [6.45, 7) is 6.71. The standard InChI is InChI=1S/C15H22N2OS/c1-3-16-15(19)17-11-5-6-14(17)12-7-9-13(10-8-12)18-4-2/h7-10,14H,3-6,11H2,1-2H3,(H,16,19)/t14-/m1/s1. The Bertz CT molecular complexity index is 419. The van der Waals surface area contributed by atoms with Crippen LogP contribution in [0.3, 0.4) is 0 Å². The lowest BCUT2D eigenvalue weighted by atomic mass is 10.0. The molecule has 2 rings (SSSR count). The van der Waals surface area contributed by atoms with Crippen LogP contribution in [-0.4, -0.2) is 29.7 Å². The molecule has 1 saturated heterocycles. The van der Waals surface area contributed by atoms with Gasteiger partial charge in [-0.3, -0.25) is 0 Å². The van der Waals surface area contributed by atoms with Crippen LogP contribution in [0.25, 0.3) is 0 Å². The van der Waals surface area contributed by atoms with Gasteiger partial charge < -0.3 is 15.0 Å². The summed E-state index contributed by atoms with van der Waals surface area (Å²) >= 11 is 5.45. The molecule has 1 N–H and O–H groups in total. The van der Waals surface area contributed by atoms with Crippen LogP contribution in [0.15, 0.2) is 24.3 Å². The van der Waals surface area contributed by atoms with Gasteiger partial charge in [-0.15, -0.1) is 0 Å². The third-order valence-corrected chi connectivity index (χ3v) is 3.80. The van der Waals surface area contributed by atoms with E-state index in [-0.39, 0.29) is 0 Å². The Hall–Kier alpha value is -1.29. The summed E-state index contributed by atoms with van der Waals surface area (Å²) in [6.07, 6.45) is 2.36. The van der Waals surface area contributed by atoms with Crippen molar-refractivity contribution in [2.45, 2.75) is 32.7 Å². The average Bonchev–Trinajstić information content (AvgIpc) is 2.89.